The molecule has 2 aliphatic rings. The summed E-state index contributed by atoms with van der Waals surface area (Å²) in [6.45, 7) is 5.37. The van der Waals surface area contributed by atoms with Gasteiger partial charge in [-0.25, -0.2) is 0 Å². The van der Waals surface area contributed by atoms with E-state index in [0.717, 1.165) is 44.2 Å². The molecule has 1 saturated heterocycles. The molecule has 19 heavy (non-hydrogen) atoms. The Hall–Kier alpha value is -1.59. The van der Waals surface area contributed by atoms with Crippen molar-refractivity contribution in [1.82, 2.24) is 10.2 Å². The lowest BCUT2D eigenvalue weighted by atomic mass is 10.1. The molecule has 0 unspecified atom stereocenters. The molecule has 0 aromatic heterocycles. The fourth-order valence-electron chi connectivity index (χ4n) is 2.55. The van der Waals surface area contributed by atoms with Gasteiger partial charge in [-0.3, -0.25) is 9.69 Å². The molecule has 2 heterocycles. The third-order valence-electron chi connectivity index (χ3n) is 3.52. The number of hydrogen-bond acceptors (Lipinski definition) is 4. The van der Waals surface area contributed by atoms with Crippen LogP contribution in [0.2, 0.25) is 0 Å². The summed E-state index contributed by atoms with van der Waals surface area (Å²) in [5.74, 6) is 0.685. The second-order valence-electron chi connectivity index (χ2n) is 5.05. The van der Waals surface area contributed by atoms with E-state index in [1.54, 1.807) is 0 Å². The molecule has 3 rings (SSSR count). The number of nitrogens with zero attached hydrogens (tertiary/aromatic N) is 1. The minimum Gasteiger partial charge on any atom is -0.482 e. The smallest absolute Gasteiger partial charge is 0.262 e. The van der Waals surface area contributed by atoms with Crippen molar-refractivity contribution >= 4 is 11.6 Å². The number of benzene rings is 1. The molecule has 1 aromatic rings. The summed E-state index contributed by atoms with van der Waals surface area (Å²) in [6, 6.07) is 6.04. The molecular weight excluding hydrogens is 242 g/mol. The first kappa shape index (κ1) is 12.4. The average molecular weight is 261 g/mol. The molecular formula is C14H19N3O2. The molecule has 0 saturated carbocycles. The number of carbonyl (C=O) groups is 1. The van der Waals surface area contributed by atoms with E-state index < -0.39 is 0 Å². The predicted octanol–water partition coefficient (Wildman–Crippen LogP) is 0.813. The van der Waals surface area contributed by atoms with E-state index >= 15 is 0 Å². The molecule has 5 heteroatoms. The van der Waals surface area contributed by atoms with Crippen molar-refractivity contribution in [3.05, 3.63) is 23.8 Å². The van der Waals surface area contributed by atoms with Gasteiger partial charge in [0.1, 0.15) is 5.75 Å². The van der Waals surface area contributed by atoms with Gasteiger partial charge in [0.05, 0.1) is 5.69 Å². The number of amides is 1. The Morgan fingerprint density at radius 1 is 1.26 bits per heavy atom. The van der Waals surface area contributed by atoms with Gasteiger partial charge in [0.15, 0.2) is 6.61 Å². The lowest BCUT2D eigenvalue weighted by molar-refractivity contribution is -0.118. The van der Waals surface area contributed by atoms with Gasteiger partial charge in [0.2, 0.25) is 0 Å². The fraction of sp³-hybridized carbons (Fsp3) is 0.500. The Labute approximate surface area is 112 Å². The van der Waals surface area contributed by atoms with Crippen LogP contribution in [-0.4, -0.2) is 43.6 Å². The zero-order valence-corrected chi connectivity index (χ0v) is 10.9. The highest BCUT2D eigenvalue weighted by atomic mass is 16.5. The average Bonchev–Trinajstić information content (AvgIpc) is 2.67. The van der Waals surface area contributed by atoms with Crippen LogP contribution >= 0.6 is 0 Å². The monoisotopic (exact) mass is 261 g/mol. The summed E-state index contributed by atoms with van der Waals surface area (Å²) < 4.78 is 5.37. The zero-order valence-electron chi connectivity index (χ0n) is 10.9. The number of anilines is 1. The van der Waals surface area contributed by atoms with E-state index in [1.807, 2.05) is 12.1 Å². The minimum absolute atomic E-state index is 0.0800. The SMILES string of the molecule is O=C1COc2ccc(CN3CCCNCC3)cc2N1. The summed E-state index contributed by atoms with van der Waals surface area (Å²) in [5, 5.41) is 6.26. The van der Waals surface area contributed by atoms with E-state index in [1.165, 1.54) is 12.0 Å². The van der Waals surface area contributed by atoms with Crippen molar-refractivity contribution in [1.29, 1.82) is 0 Å². The van der Waals surface area contributed by atoms with E-state index in [0.29, 0.717) is 0 Å². The Morgan fingerprint density at radius 3 is 3.16 bits per heavy atom. The summed E-state index contributed by atoms with van der Waals surface area (Å²) >= 11 is 0. The van der Waals surface area contributed by atoms with Crippen molar-refractivity contribution < 1.29 is 9.53 Å². The maximum absolute atomic E-state index is 11.3. The molecule has 2 N–H and O–H groups in total. The van der Waals surface area contributed by atoms with Crippen LogP contribution in [0.4, 0.5) is 5.69 Å². The molecule has 1 amide bonds. The molecule has 0 radical (unpaired) electrons. The second-order valence-corrected chi connectivity index (χ2v) is 5.05. The Balaban J connectivity index is 1.71. The van der Waals surface area contributed by atoms with Crippen molar-refractivity contribution in [3.8, 4) is 5.75 Å². The van der Waals surface area contributed by atoms with E-state index in [4.69, 9.17) is 4.74 Å². The van der Waals surface area contributed by atoms with Crippen LogP contribution in [0.3, 0.4) is 0 Å². The fourth-order valence-corrected chi connectivity index (χ4v) is 2.55. The Kier molecular flexibility index (Phi) is 3.66. The molecule has 0 bridgehead atoms. The molecule has 0 spiro atoms. The third kappa shape index (κ3) is 3.05. The van der Waals surface area contributed by atoms with Crippen molar-refractivity contribution in [3.63, 3.8) is 0 Å². The van der Waals surface area contributed by atoms with Crippen molar-refractivity contribution in [2.24, 2.45) is 0 Å². The summed E-state index contributed by atoms with van der Waals surface area (Å²) in [5.41, 5.74) is 2.01. The maximum atomic E-state index is 11.3. The maximum Gasteiger partial charge on any atom is 0.262 e. The van der Waals surface area contributed by atoms with Gasteiger partial charge >= 0.3 is 0 Å². The van der Waals surface area contributed by atoms with E-state index in [-0.39, 0.29) is 12.5 Å². The van der Waals surface area contributed by atoms with Crippen LogP contribution in [0.5, 0.6) is 5.75 Å². The van der Waals surface area contributed by atoms with Crippen molar-refractivity contribution in [2.75, 3.05) is 38.1 Å². The number of hydrogen-bond donors (Lipinski definition) is 2. The standard InChI is InChI=1S/C14H19N3O2/c18-14-10-19-13-3-2-11(8-12(13)16-14)9-17-6-1-4-15-5-7-17/h2-3,8,15H,1,4-7,9-10H2,(H,16,18). The Bertz CT molecular complexity index is 468. The summed E-state index contributed by atoms with van der Waals surface area (Å²) in [6.07, 6.45) is 1.19. The van der Waals surface area contributed by atoms with E-state index in [2.05, 4.69) is 21.6 Å². The van der Waals surface area contributed by atoms with Gasteiger partial charge in [0.25, 0.3) is 5.91 Å². The molecule has 0 atom stereocenters. The lowest BCUT2D eigenvalue weighted by Gasteiger charge is -2.22. The predicted molar refractivity (Wildman–Crippen MR) is 73.3 cm³/mol. The first-order chi connectivity index (χ1) is 9.31. The third-order valence-corrected chi connectivity index (χ3v) is 3.52. The van der Waals surface area contributed by atoms with Crippen LogP contribution < -0.4 is 15.4 Å². The zero-order chi connectivity index (χ0) is 13.1. The molecule has 0 aliphatic carbocycles. The summed E-state index contributed by atoms with van der Waals surface area (Å²) in [4.78, 5) is 13.8. The van der Waals surface area contributed by atoms with Crippen LogP contribution in [0.1, 0.15) is 12.0 Å². The lowest BCUT2D eigenvalue weighted by Crippen LogP contribution is -2.28. The number of fused-ring (bicyclic) bond motifs is 1. The molecule has 2 aliphatic heterocycles. The highest BCUT2D eigenvalue weighted by molar-refractivity contribution is 5.95. The van der Waals surface area contributed by atoms with Gasteiger partial charge in [-0.15, -0.1) is 0 Å². The molecule has 1 fully saturated rings. The number of nitrogens with one attached hydrogen (secondary N) is 2. The number of rotatable bonds is 2. The van der Waals surface area contributed by atoms with Gasteiger partial charge in [-0.1, -0.05) is 6.07 Å². The van der Waals surface area contributed by atoms with Crippen LogP contribution in [-0.2, 0) is 11.3 Å². The molecule has 102 valence electrons. The van der Waals surface area contributed by atoms with Crippen LogP contribution in [0.15, 0.2) is 18.2 Å². The largest absolute Gasteiger partial charge is 0.482 e. The Morgan fingerprint density at radius 2 is 2.21 bits per heavy atom. The van der Waals surface area contributed by atoms with Crippen LogP contribution in [0.25, 0.3) is 0 Å². The van der Waals surface area contributed by atoms with Gasteiger partial charge in [-0.2, -0.15) is 0 Å². The molecule has 1 aromatic carbocycles. The summed E-state index contributed by atoms with van der Waals surface area (Å²) in [7, 11) is 0. The normalized spacial score (nSPS) is 20.1. The van der Waals surface area contributed by atoms with E-state index in [9.17, 15) is 4.79 Å². The van der Waals surface area contributed by atoms with Gasteiger partial charge in [-0.05, 0) is 37.2 Å². The number of carbonyl (C=O) groups excluding carboxylic acids is 1. The van der Waals surface area contributed by atoms with Crippen molar-refractivity contribution in [2.45, 2.75) is 13.0 Å². The second kappa shape index (κ2) is 5.59. The van der Waals surface area contributed by atoms with Gasteiger partial charge in [0, 0.05) is 19.6 Å². The highest BCUT2D eigenvalue weighted by Gasteiger charge is 2.16. The van der Waals surface area contributed by atoms with Gasteiger partial charge < -0.3 is 15.4 Å². The van der Waals surface area contributed by atoms with Crippen LogP contribution in [0, 0.1) is 0 Å². The topological polar surface area (TPSA) is 53.6 Å². The highest BCUT2D eigenvalue weighted by Crippen LogP contribution is 2.28. The number of ether oxygens (including phenoxy) is 1. The first-order valence-electron chi connectivity index (χ1n) is 6.80. The molecule has 5 nitrogen and oxygen atoms in total. The minimum atomic E-state index is -0.0800. The first-order valence-corrected chi connectivity index (χ1v) is 6.80. The quantitative estimate of drug-likeness (QED) is 0.827.